The molecule has 7 nitrogen and oxygen atoms in total. The first-order chi connectivity index (χ1) is 13.4. The molecule has 0 radical (unpaired) electrons. The Morgan fingerprint density at radius 1 is 1.04 bits per heavy atom. The van der Waals surface area contributed by atoms with Gasteiger partial charge < -0.3 is 18.3 Å². The summed E-state index contributed by atoms with van der Waals surface area (Å²) >= 11 is 5.44. The summed E-state index contributed by atoms with van der Waals surface area (Å²) in [6.07, 6.45) is 1.91. The van der Waals surface area contributed by atoms with Gasteiger partial charge in [0, 0.05) is 21.3 Å². The molecule has 1 atom stereocenters. The number of ether oxygens (including phenoxy) is 1. The van der Waals surface area contributed by atoms with Crippen LogP contribution in [0, 0.1) is 0 Å². The lowest BCUT2D eigenvalue weighted by atomic mass is 10.2. The Morgan fingerprint density at radius 3 is 2.14 bits per heavy atom. The summed E-state index contributed by atoms with van der Waals surface area (Å²) in [6, 6.07) is 14.7. The Bertz CT molecular complexity index is 851. The van der Waals surface area contributed by atoms with E-state index in [2.05, 4.69) is 5.10 Å². The molecule has 0 aliphatic rings. The minimum absolute atomic E-state index is 0.192. The first-order valence-corrected chi connectivity index (χ1v) is 12.5. The van der Waals surface area contributed by atoms with E-state index in [9.17, 15) is 4.57 Å². The molecule has 0 aromatic heterocycles. The Hall–Kier alpha value is -1.69. The number of hydrogen-bond acceptors (Lipinski definition) is 7. The van der Waals surface area contributed by atoms with Crippen molar-refractivity contribution in [1.29, 1.82) is 0 Å². The summed E-state index contributed by atoms with van der Waals surface area (Å²) < 4.78 is 34.7. The maximum atomic E-state index is 12.2. The minimum atomic E-state index is -3.10. The van der Waals surface area contributed by atoms with Gasteiger partial charge in [0.15, 0.2) is 0 Å². The monoisotopic (exact) mass is 442 g/mol. The molecule has 0 aliphatic heterocycles. The fraction of sp³-hybridized carbons (Fsp3) is 0.278. The van der Waals surface area contributed by atoms with Gasteiger partial charge in [0.25, 0.3) is 0 Å². The predicted molar refractivity (Wildman–Crippen MR) is 116 cm³/mol. The molecule has 152 valence electrons. The molecule has 0 saturated heterocycles. The van der Waals surface area contributed by atoms with Crippen LogP contribution >= 0.6 is 14.7 Å². The van der Waals surface area contributed by atoms with Gasteiger partial charge in [0.2, 0.25) is 7.07 Å². The number of nitrogens with zero attached hydrogens (tertiary/aromatic N) is 2. The van der Waals surface area contributed by atoms with E-state index in [4.69, 9.17) is 30.1 Å². The number of hydrogen-bond donors (Lipinski definition) is 0. The molecule has 10 heteroatoms. The molecular weight excluding hydrogens is 418 g/mol. The van der Waals surface area contributed by atoms with E-state index in [-0.39, 0.29) is 6.16 Å². The van der Waals surface area contributed by atoms with E-state index in [1.165, 1.54) is 14.2 Å². The van der Waals surface area contributed by atoms with Crippen molar-refractivity contribution in [1.82, 2.24) is 4.78 Å². The van der Waals surface area contributed by atoms with Crippen LogP contribution in [-0.2, 0) is 31.6 Å². The van der Waals surface area contributed by atoms with Crippen LogP contribution in [0.4, 0.5) is 0 Å². The van der Waals surface area contributed by atoms with Crippen LogP contribution in [0.1, 0.15) is 11.1 Å². The second kappa shape index (κ2) is 10.7. The van der Waals surface area contributed by atoms with Crippen molar-refractivity contribution >= 4 is 32.7 Å². The fourth-order valence-electron chi connectivity index (χ4n) is 2.15. The van der Waals surface area contributed by atoms with Gasteiger partial charge in [-0.2, -0.15) is 5.10 Å². The molecule has 1 unspecified atom stereocenters. The van der Waals surface area contributed by atoms with Crippen molar-refractivity contribution in [3.63, 3.8) is 0 Å². The van der Waals surface area contributed by atoms with E-state index in [1.807, 2.05) is 36.4 Å². The molecule has 0 saturated carbocycles. The van der Waals surface area contributed by atoms with Gasteiger partial charge in [-0.3, -0.25) is 4.57 Å². The van der Waals surface area contributed by atoms with E-state index >= 15 is 0 Å². The van der Waals surface area contributed by atoms with Crippen molar-refractivity contribution in [3.05, 3.63) is 59.7 Å². The number of rotatable bonds is 10. The molecule has 2 rings (SSSR count). The maximum Gasteiger partial charge on any atom is 0.334 e. The van der Waals surface area contributed by atoms with Gasteiger partial charge >= 0.3 is 7.60 Å². The summed E-state index contributed by atoms with van der Waals surface area (Å²) in [4.78, 5) is 0. The third kappa shape index (κ3) is 6.73. The summed E-state index contributed by atoms with van der Waals surface area (Å²) in [5, 5.41) is 4.35. The molecule has 0 amide bonds. The minimum Gasteiger partial charge on any atom is -0.497 e. The molecule has 0 heterocycles. The van der Waals surface area contributed by atoms with Gasteiger partial charge in [-0.05, 0) is 59.3 Å². The highest BCUT2D eigenvalue weighted by Crippen LogP contribution is 2.49. The third-order valence-electron chi connectivity index (χ3n) is 3.82. The second-order valence-corrected chi connectivity index (χ2v) is 10.4. The largest absolute Gasteiger partial charge is 0.497 e. The molecule has 0 aliphatic carbocycles. The average Bonchev–Trinajstić information content (AvgIpc) is 2.73. The van der Waals surface area contributed by atoms with Crippen molar-refractivity contribution in [3.8, 4) is 11.5 Å². The lowest BCUT2D eigenvalue weighted by Gasteiger charge is -2.17. The quantitative estimate of drug-likeness (QED) is 0.304. The molecule has 28 heavy (non-hydrogen) atoms. The molecule has 0 bridgehead atoms. The van der Waals surface area contributed by atoms with Gasteiger partial charge in [0.05, 0.1) is 19.5 Å². The van der Waals surface area contributed by atoms with Gasteiger partial charge in [-0.15, -0.1) is 0 Å². The van der Waals surface area contributed by atoms with Crippen molar-refractivity contribution in [2.24, 2.45) is 5.10 Å². The predicted octanol–water partition coefficient (Wildman–Crippen LogP) is 4.53. The van der Waals surface area contributed by atoms with Crippen LogP contribution < -0.4 is 9.26 Å². The lowest BCUT2D eigenvalue weighted by molar-refractivity contribution is 0.275. The molecule has 0 N–H and O–H groups in total. The maximum absolute atomic E-state index is 12.2. The normalized spacial score (nSPS) is 12.7. The van der Waals surface area contributed by atoms with Crippen molar-refractivity contribution in [2.45, 2.75) is 6.16 Å². The van der Waals surface area contributed by atoms with Crippen LogP contribution in [0.15, 0.2) is 53.6 Å². The SMILES string of the molecule is COc1ccc(/C=N/N(C)[PH](=S)Oc2ccc(CP(=O)(OC)OC)cc2)cc1. The zero-order chi connectivity index (χ0) is 20.6. The summed E-state index contributed by atoms with van der Waals surface area (Å²) in [5.41, 5.74) is 1.76. The van der Waals surface area contributed by atoms with Crippen LogP contribution in [-0.4, -0.2) is 39.4 Å². The van der Waals surface area contributed by atoms with E-state index < -0.39 is 14.7 Å². The lowest BCUT2D eigenvalue weighted by Crippen LogP contribution is -2.03. The summed E-state index contributed by atoms with van der Waals surface area (Å²) in [5.74, 6) is 1.42. The Morgan fingerprint density at radius 2 is 1.61 bits per heavy atom. The fourth-order valence-corrected chi connectivity index (χ4v) is 4.26. The zero-order valence-corrected chi connectivity index (χ0v) is 18.9. The molecule has 0 spiro atoms. The number of hydrazone groups is 1. The molecular formula is C18H24N2O5P2S. The van der Waals surface area contributed by atoms with Gasteiger partial charge in [-0.25, -0.2) is 4.78 Å². The Kier molecular flexibility index (Phi) is 8.67. The van der Waals surface area contributed by atoms with Crippen molar-refractivity contribution < 1.29 is 22.9 Å². The topological polar surface area (TPSA) is 69.6 Å². The summed E-state index contributed by atoms with van der Waals surface area (Å²) in [7, 11) is 1.28. The smallest absolute Gasteiger partial charge is 0.334 e. The number of methoxy groups -OCH3 is 1. The number of benzene rings is 2. The average molecular weight is 442 g/mol. The summed E-state index contributed by atoms with van der Waals surface area (Å²) in [6.45, 7) is 0. The Balaban J connectivity index is 1.94. The van der Waals surface area contributed by atoms with Crippen LogP contribution in [0.2, 0.25) is 0 Å². The van der Waals surface area contributed by atoms with Crippen LogP contribution in [0.25, 0.3) is 0 Å². The van der Waals surface area contributed by atoms with E-state index in [0.717, 1.165) is 16.9 Å². The third-order valence-corrected chi connectivity index (χ3v) is 7.78. The molecule has 2 aromatic rings. The van der Waals surface area contributed by atoms with E-state index in [1.54, 1.807) is 37.3 Å². The van der Waals surface area contributed by atoms with Gasteiger partial charge in [-0.1, -0.05) is 12.1 Å². The van der Waals surface area contributed by atoms with E-state index in [0.29, 0.717) is 5.75 Å². The highest BCUT2D eigenvalue weighted by Gasteiger charge is 2.21. The highest BCUT2D eigenvalue weighted by molar-refractivity contribution is 8.02. The molecule has 2 aromatic carbocycles. The van der Waals surface area contributed by atoms with Crippen molar-refractivity contribution in [2.75, 3.05) is 28.4 Å². The molecule has 0 fully saturated rings. The first kappa shape index (κ1) is 22.6. The van der Waals surface area contributed by atoms with Gasteiger partial charge in [0.1, 0.15) is 11.5 Å². The van der Waals surface area contributed by atoms with Crippen LogP contribution in [0.5, 0.6) is 11.5 Å². The Labute approximate surface area is 171 Å². The standard InChI is InChI=1S/C18H24N2O5P2S/c1-20(19-13-15-5-9-17(22-2)10-6-15)26(28)25-18-11-7-16(8-12-18)14-27(21,23-3)24-4/h5-13,26H,14H2,1-4H3/b19-13+. The first-order valence-electron chi connectivity index (χ1n) is 8.32. The zero-order valence-electron chi connectivity index (χ0n) is 16.2. The second-order valence-electron chi connectivity index (χ2n) is 5.69. The van der Waals surface area contributed by atoms with Crippen LogP contribution in [0.3, 0.4) is 0 Å². The highest BCUT2D eigenvalue weighted by atomic mass is 32.4.